The Morgan fingerprint density at radius 3 is 3.05 bits per heavy atom. The van der Waals surface area contributed by atoms with E-state index in [1.165, 1.54) is 62.6 Å². The average Bonchev–Trinajstić information content (AvgIpc) is 2.47. The van der Waals surface area contributed by atoms with Crippen molar-refractivity contribution in [3.8, 4) is 0 Å². The van der Waals surface area contributed by atoms with E-state index in [-0.39, 0.29) is 0 Å². The van der Waals surface area contributed by atoms with Gasteiger partial charge in [0.05, 0.1) is 0 Å². The molecule has 0 saturated carbocycles. The molecule has 2 unspecified atom stereocenters. The average molecular weight is 260 g/mol. The number of hydrogen-bond donors (Lipinski definition) is 1. The molecule has 2 rings (SSSR count). The standard InChI is InChI=1S/C17H28N2/c1-3-4-5-6-12-16(18-2)15-11-7-9-14-10-8-13-19-17(14)15/h8,10,13,15-16,18H,3-7,9,11-12H2,1-2H3. The van der Waals surface area contributed by atoms with Gasteiger partial charge < -0.3 is 5.32 Å². The molecule has 1 heterocycles. The van der Waals surface area contributed by atoms with Crippen molar-refractivity contribution in [2.24, 2.45) is 0 Å². The van der Waals surface area contributed by atoms with Gasteiger partial charge in [0.15, 0.2) is 0 Å². The summed E-state index contributed by atoms with van der Waals surface area (Å²) < 4.78 is 0. The number of unbranched alkanes of at least 4 members (excludes halogenated alkanes) is 3. The Labute approximate surface area is 118 Å². The zero-order valence-corrected chi connectivity index (χ0v) is 12.5. The first-order valence-corrected chi connectivity index (χ1v) is 7.97. The number of aryl methyl sites for hydroxylation is 1. The maximum Gasteiger partial charge on any atom is 0.0481 e. The third-order valence-corrected chi connectivity index (χ3v) is 4.46. The van der Waals surface area contributed by atoms with Gasteiger partial charge in [0.2, 0.25) is 0 Å². The first-order chi connectivity index (χ1) is 9.36. The largest absolute Gasteiger partial charge is 0.316 e. The molecule has 0 bridgehead atoms. The second-order valence-corrected chi connectivity index (χ2v) is 5.79. The van der Waals surface area contributed by atoms with Crippen LogP contribution in [0.4, 0.5) is 0 Å². The predicted octanol–water partition coefficient (Wildman–Crippen LogP) is 4.06. The molecule has 19 heavy (non-hydrogen) atoms. The Hall–Kier alpha value is -0.890. The third-order valence-electron chi connectivity index (χ3n) is 4.46. The molecular weight excluding hydrogens is 232 g/mol. The van der Waals surface area contributed by atoms with Gasteiger partial charge in [0.25, 0.3) is 0 Å². The summed E-state index contributed by atoms with van der Waals surface area (Å²) in [6.07, 6.45) is 12.5. The summed E-state index contributed by atoms with van der Waals surface area (Å²) in [4.78, 5) is 4.67. The van der Waals surface area contributed by atoms with E-state index in [9.17, 15) is 0 Å². The molecule has 106 valence electrons. The van der Waals surface area contributed by atoms with Gasteiger partial charge in [-0.2, -0.15) is 0 Å². The molecule has 1 aromatic heterocycles. The van der Waals surface area contributed by atoms with E-state index < -0.39 is 0 Å². The van der Waals surface area contributed by atoms with Crippen molar-refractivity contribution < 1.29 is 0 Å². The number of pyridine rings is 1. The predicted molar refractivity (Wildman–Crippen MR) is 81.5 cm³/mol. The van der Waals surface area contributed by atoms with Crippen molar-refractivity contribution in [3.05, 3.63) is 29.6 Å². The molecular formula is C17H28N2. The van der Waals surface area contributed by atoms with Crippen LogP contribution < -0.4 is 5.32 Å². The van der Waals surface area contributed by atoms with E-state index >= 15 is 0 Å². The highest BCUT2D eigenvalue weighted by atomic mass is 14.9. The molecule has 0 saturated heterocycles. The number of aromatic nitrogens is 1. The zero-order chi connectivity index (χ0) is 13.5. The lowest BCUT2D eigenvalue weighted by molar-refractivity contribution is 0.374. The van der Waals surface area contributed by atoms with Gasteiger partial charge in [0, 0.05) is 23.9 Å². The van der Waals surface area contributed by atoms with Gasteiger partial charge in [-0.25, -0.2) is 0 Å². The van der Waals surface area contributed by atoms with E-state index in [4.69, 9.17) is 0 Å². The maximum atomic E-state index is 4.67. The summed E-state index contributed by atoms with van der Waals surface area (Å²) in [5.74, 6) is 0.622. The minimum Gasteiger partial charge on any atom is -0.316 e. The summed E-state index contributed by atoms with van der Waals surface area (Å²) in [5, 5.41) is 3.55. The van der Waals surface area contributed by atoms with Gasteiger partial charge >= 0.3 is 0 Å². The number of hydrogen-bond acceptors (Lipinski definition) is 2. The van der Waals surface area contributed by atoms with E-state index in [1.807, 2.05) is 6.20 Å². The smallest absolute Gasteiger partial charge is 0.0481 e. The fraction of sp³-hybridized carbons (Fsp3) is 0.706. The molecule has 0 amide bonds. The number of nitrogens with zero attached hydrogens (tertiary/aromatic N) is 1. The fourth-order valence-corrected chi connectivity index (χ4v) is 3.37. The fourth-order valence-electron chi connectivity index (χ4n) is 3.37. The van der Waals surface area contributed by atoms with Crippen molar-refractivity contribution in [2.75, 3.05) is 7.05 Å². The minimum absolute atomic E-state index is 0.603. The molecule has 0 fully saturated rings. The quantitative estimate of drug-likeness (QED) is 0.748. The second-order valence-electron chi connectivity index (χ2n) is 5.79. The molecule has 1 aliphatic carbocycles. The highest BCUT2D eigenvalue weighted by Gasteiger charge is 2.27. The van der Waals surface area contributed by atoms with Crippen molar-refractivity contribution in [2.45, 2.75) is 70.3 Å². The Bertz CT molecular complexity index is 375. The molecule has 1 aliphatic rings. The second kappa shape index (κ2) is 7.64. The van der Waals surface area contributed by atoms with Gasteiger partial charge in [0.1, 0.15) is 0 Å². The van der Waals surface area contributed by atoms with Crippen LogP contribution >= 0.6 is 0 Å². The third kappa shape index (κ3) is 3.79. The van der Waals surface area contributed by atoms with Crippen molar-refractivity contribution in [1.82, 2.24) is 10.3 Å². The van der Waals surface area contributed by atoms with Crippen LogP contribution in [0.1, 0.15) is 69.0 Å². The van der Waals surface area contributed by atoms with Crippen LogP contribution in [-0.2, 0) is 6.42 Å². The normalized spacial score (nSPS) is 20.0. The Balaban J connectivity index is 1.99. The van der Waals surface area contributed by atoms with Crippen LogP contribution in [0, 0.1) is 0 Å². The van der Waals surface area contributed by atoms with Crippen molar-refractivity contribution in [1.29, 1.82) is 0 Å². The molecule has 2 atom stereocenters. The first kappa shape index (κ1) is 14.5. The van der Waals surface area contributed by atoms with Gasteiger partial charge in [-0.1, -0.05) is 38.7 Å². The Kier molecular flexibility index (Phi) is 5.84. The van der Waals surface area contributed by atoms with Crippen LogP contribution in [0.25, 0.3) is 0 Å². The molecule has 2 nitrogen and oxygen atoms in total. The highest BCUT2D eigenvalue weighted by molar-refractivity contribution is 5.27. The highest BCUT2D eigenvalue weighted by Crippen LogP contribution is 2.33. The van der Waals surface area contributed by atoms with Crippen LogP contribution in [0.2, 0.25) is 0 Å². The monoisotopic (exact) mass is 260 g/mol. The Morgan fingerprint density at radius 2 is 2.26 bits per heavy atom. The lowest BCUT2D eigenvalue weighted by Gasteiger charge is -2.31. The molecule has 1 aromatic rings. The summed E-state index contributed by atoms with van der Waals surface area (Å²) in [7, 11) is 2.11. The lowest BCUT2D eigenvalue weighted by Crippen LogP contribution is -2.34. The van der Waals surface area contributed by atoms with Crippen LogP contribution in [0.5, 0.6) is 0 Å². The molecule has 1 N–H and O–H groups in total. The van der Waals surface area contributed by atoms with Crippen molar-refractivity contribution >= 4 is 0 Å². The Morgan fingerprint density at radius 1 is 1.37 bits per heavy atom. The van der Waals surface area contributed by atoms with E-state index in [1.54, 1.807) is 0 Å². The van der Waals surface area contributed by atoms with Crippen LogP contribution in [0.15, 0.2) is 18.3 Å². The zero-order valence-electron chi connectivity index (χ0n) is 12.5. The van der Waals surface area contributed by atoms with Crippen LogP contribution in [0.3, 0.4) is 0 Å². The number of likely N-dealkylation sites (N-methyl/N-ethyl adjacent to an activating group) is 1. The maximum absolute atomic E-state index is 4.67. The van der Waals surface area contributed by atoms with E-state index in [0.717, 1.165) is 0 Å². The molecule has 2 heteroatoms. The minimum atomic E-state index is 0.603. The van der Waals surface area contributed by atoms with E-state index in [2.05, 4.69) is 36.4 Å². The lowest BCUT2D eigenvalue weighted by atomic mass is 9.80. The summed E-state index contributed by atoms with van der Waals surface area (Å²) in [6.45, 7) is 2.27. The first-order valence-electron chi connectivity index (χ1n) is 7.97. The molecule has 0 radical (unpaired) electrons. The number of nitrogens with one attached hydrogen (secondary N) is 1. The number of fused-ring (bicyclic) bond motifs is 1. The summed E-state index contributed by atoms with van der Waals surface area (Å²) in [5.41, 5.74) is 2.84. The SMILES string of the molecule is CCCCCCC(NC)C1CCCc2cccnc21. The molecule has 0 aromatic carbocycles. The van der Waals surface area contributed by atoms with E-state index in [0.29, 0.717) is 12.0 Å². The number of rotatable bonds is 7. The van der Waals surface area contributed by atoms with Gasteiger partial charge in [-0.15, -0.1) is 0 Å². The summed E-state index contributed by atoms with van der Waals surface area (Å²) in [6, 6.07) is 4.94. The molecule has 0 spiro atoms. The van der Waals surface area contributed by atoms with Gasteiger partial charge in [-0.3, -0.25) is 4.98 Å². The van der Waals surface area contributed by atoms with Crippen molar-refractivity contribution in [3.63, 3.8) is 0 Å². The molecule has 0 aliphatic heterocycles. The topological polar surface area (TPSA) is 24.9 Å². The van der Waals surface area contributed by atoms with Crippen LogP contribution in [-0.4, -0.2) is 18.1 Å². The summed E-state index contributed by atoms with van der Waals surface area (Å²) >= 11 is 0. The van der Waals surface area contributed by atoms with Gasteiger partial charge in [-0.05, 0) is 44.4 Å².